The lowest BCUT2D eigenvalue weighted by Crippen LogP contribution is -2.53. The minimum Gasteiger partial charge on any atom is -0.462 e. The van der Waals surface area contributed by atoms with Crippen LogP contribution >= 0.6 is 15.9 Å². The summed E-state index contributed by atoms with van der Waals surface area (Å²) in [4.78, 5) is 14.2. The van der Waals surface area contributed by atoms with Crippen LogP contribution in [0.4, 0.5) is 0 Å². The first-order valence-corrected chi connectivity index (χ1v) is 15.2. The molecule has 1 aliphatic heterocycles. The highest BCUT2D eigenvalue weighted by Gasteiger charge is 2.62. The van der Waals surface area contributed by atoms with Gasteiger partial charge in [-0.05, 0) is 97.7 Å². The molecule has 194 valence electrons. The highest BCUT2D eigenvalue weighted by molar-refractivity contribution is 9.09. The van der Waals surface area contributed by atoms with Gasteiger partial charge in [-0.3, -0.25) is 4.79 Å². The Bertz CT molecular complexity index is 913. The quantitative estimate of drug-likeness (QED) is 0.165. The minimum atomic E-state index is -0.141. The fourth-order valence-electron chi connectivity index (χ4n) is 9.98. The Morgan fingerprint density at radius 3 is 2.71 bits per heavy atom. The molecule has 0 bridgehead atoms. The van der Waals surface area contributed by atoms with Gasteiger partial charge in [-0.2, -0.15) is 5.26 Å². The van der Waals surface area contributed by atoms with Crippen LogP contribution in [0.3, 0.4) is 0 Å². The third kappa shape index (κ3) is 4.18. The maximum Gasteiger partial charge on any atom is 0.302 e. The van der Waals surface area contributed by atoms with Crippen LogP contribution in [0.2, 0.25) is 0 Å². The van der Waals surface area contributed by atoms with Crippen LogP contribution in [0.25, 0.3) is 0 Å². The molecule has 3 saturated carbocycles. The van der Waals surface area contributed by atoms with Crippen molar-refractivity contribution in [3.63, 3.8) is 0 Å². The zero-order valence-corrected chi connectivity index (χ0v) is 24.0. The van der Waals surface area contributed by atoms with Crippen molar-refractivity contribution in [1.82, 2.24) is 4.90 Å². The van der Waals surface area contributed by atoms with E-state index in [2.05, 4.69) is 60.8 Å². The number of nitriles is 1. The van der Waals surface area contributed by atoms with Crippen molar-refractivity contribution >= 4 is 21.9 Å². The molecule has 4 aliphatic carbocycles. The van der Waals surface area contributed by atoms with E-state index in [4.69, 9.17) is 4.74 Å². The average molecular weight is 546 g/mol. The molecule has 5 heteroatoms. The Hall–Kier alpha value is -1.02. The van der Waals surface area contributed by atoms with E-state index in [1.807, 2.05) is 0 Å². The third-order valence-corrected chi connectivity index (χ3v) is 12.6. The van der Waals surface area contributed by atoms with Crippen LogP contribution in [0.5, 0.6) is 0 Å². The zero-order valence-electron chi connectivity index (χ0n) is 22.4. The van der Waals surface area contributed by atoms with Gasteiger partial charge in [0.15, 0.2) is 6.19 Å². The molecule has 0 spiro atoms. The summed E-state index contributed by atoms with van der Waals surface area (Å²) >= 11 is 4.22. The first kappa shape index (κ1) is 25.6. The predicted octanol–water partition coefficient (Wildman–Crippen LogP) is 7.09. The molecule has 35 heavy (non-hydrogen) atoms. The SMILES string of the molecule is CC(=O)O[C@@H]1CC[C@@]2(C)C(=CC[C@@H]3[C@@H]4C[C@H](Br)[C@H]([C@H](C)[C@@H]5CC[C@H](C)CN5C#N)[C@@]4(C)CC[C@@H]32)C1. The number of allylic oxidation sites excluding steroid dienone is 1. The normalized spacial score (nSPS) is 48.0. The van der Waals surface area contributed by atoms with E-state index in [1.165, 1.54) is 32.1 Å². The standard InChI is InChI=1S/C30H45BrN2O2/c1-18-6-9-27(33(16-18)17-32)19(2)28-26(31)15-25-23-8-7-21-14-22(35-20(3)34)10-12-29(21,4)24(23)11-13-30(25,28)5/h7,18-19,22-28H,6,8-16H2,1-5H3/t18-,19+,22+,23-,24-,25-,26-,27-,28-,29-,30-/m0/s1. The summed E-state index contributed by atoms with van der Waals surface area (Å²) in [6.07, 6.45) is 15.8. The molecule has 0 amide bonds. The van der Waals surface area contributed by atoms with E-state index in [9.17, 15) is 10.1 Å². The topological polar surface area (TPSA) is 53.3 Å². The van der Waals surface area contributed by atoms with Crippen molar-refractivity contribution in [2.24, 2.45) is 46.3 Å². The monoisotopic (exact) mass is 544 g/mol. The summed E-state index contributed by atoms with van der Waals surface area (Å²) in [5.41, 5.74) is 2.18. The number of carbonyl (C=O) groups excluding carboxylic acids is 1. The van der Waals surface area contributed by atoms with Crippen molar-refractivity contribution in [3.8, 4) is 6.19 Å². The lowest BCUT2D eigenvalue weighted by molar-refractivity contribution is -0.148. The molecule has 0 N–H and O–H groups in total. The Morgan fingerprint density at radius 2 is 2.00 bits per heavy atom. The van der Waals surface area contributed by atoms with Gasteiger partial charge in [-0.15, -0.1) is 0 Å². The first-order valence-electron chi connectivity index (χ1n) is 14.3. The molecule has 0 unspecified atom stereocenters. The number of alkyl halides is 1. The Balaban J connectivity index is 1.37. The number of rotatable bonds is 3. The van der Waals surface area contributed by atoms with Crippen molar-refractivity contribution in [2.45, 2.75) is 109 Å². The van der Waals surface area contributed by atoms with E-state index >= 15 is 0 Å². The van der Waals surface area contributed by atoms with Gasteiger partial charge in [0.25, 0.3) is 0 Å². The van der Waals surface area contributed by atoms with E-state index in [1.54, 1.807) is 12.5 Å². The molecular formula is C30H45BrN2O2. The number of fused-ring (bicyclic) bond motifs is 5. The zero-order chi connectivity index (χ0) is 25.1. The van der Waals surface area contributed by atoms with Crippen LogP contribution in [0, 0.1) is 57.8 Å². The Labute approximate surface area is 221 Å². The number of carbonyl (C=O) groups is 1. The molecule has 0 aromatic heterocycles. The largest absolute Gasteiger partial charge is 0.462 e. The Morgan fingerprint density at radius 1 is 1.23 bits per heavy atom. The molecule has 11 atom stereocenters. The molecule has 1 saturated heterocycles. The van der Waals surface area contributed by atoms with E-state index < -0.39 is 0 Å². The average Bonchev–Trinajstić information content (AvgIpc) is 3.08. The smallest absolute Gasteiger partial charge is 0.302 e. The summed E-state index contributed by atoms with van der Waals surface area (Å²) in [7, 11) is 0. The van der Waals surface area contributed by atoms with Crippen molar-refractivity contribution in [2.75, 3.05) is 6.54 Å². The number of hydrogen-bond donors (Lipinski definition) is 0. The molecule has 5 aliphatic rings. The number of hydrogen-bond acceptors (Lipinski definition) is 4. The lowest BCUT2D eigenvalue weighted by atomic mass is 9.47. The highest BCUT2D eigenvalue weighted by Crippen LogP contribution is 2.68. The molecule has 0 aromatic rings. The van der Waals surface area contributed by atoms with Crippen LogP contribution in [-0.2, 0) is 9.53 Å². The molecule has 0 radical (unpaired) electrons. The summed E-state index contributed by atoms with van der Waals surface area (Å²) in [6, 6.07) is 0.390. The summed E-state index contributed by atoms with van der Waals surface area (Å²) in [6.45, 7) is 12.3. The van der Waals surface area contributed by atoms with Crippen LogP contribution < -0.4 is 0 Å². The van der Waals surface area contributed by atoms with E-state index in [0.717, 1.165) is 50.0 Å². The van der Waals surface area contributed by atoms with Gasteiger partial charge in [0.1, 0.15) is 6.10 Å². The highest BCUT2D eigenvalue weighted by atomic mass is 79.9. The molecule has 1 heterocycles. The number of piperidine rings is 1. The summed E-state index contributed by atoms with van der Waals surface area (Å²) in [5.74, 6) is 3.89. The summed E-state index contributed by atoms with van der Waals surface area (Å²) in [5, 5.41) is 9.92. The third-order valence-electron chi connectivity index (χ3n) is 11.6. The number of halogens is 1. The van der Waals surface area contributed by atoms with Gasteiger partial charge >= 0.3 is 5.97 Å². The van der Waals surface area contributed by atoms with Gasteiger partial charge in [0.2, 0.25) is 0 Å². The minimum absolute atomic E-state index is 0.0714. The van der Waals surface area contributed by atoms with Gasteiger partial charge in [-0.25, -0.2) is 0 Å². The van der Waals surface area contributed by atoms with E-state index in [-0.39, 0.29) is 17.5 Å². The van der Waals surface area contributed by atoms with Gasteiger partial charge < -0.3 is 9.64 Å². The van der Waals surface area contributed by atoms with Crippen molar-refractivity contribution in [1.29, 1.82) is 5.26 Å². The van der Waals surface area contributed by atoms with Gasteiger partial charge in [0, 0.05) is 30.8 Å². The fourth-order valence-corrected chi connectivity index (χ4v) is 11.5. The number of nitrogens with zero attached hydrogens (tertiary/aromatic N) is 2. The molecular weight excluding hydrogens is 500 g/mol. The molecule has 4 nitrogen and oxygen atoms in total. The molecule has 4 fully saturated rings. The lowest BCUT2D eigenvalue weighted by Gasteiger charge is -2.58. The van der Waals surface area contributed by atoms with E-state index in [0.29, 0.717) is 34.0 Å². The second-order valence-corrected chi connectivity index (χ2v) is 14.6. The molecule has 0 aromatic carbocycles. The molecule has 5 rings (SSSR count). The second kappa shape index (κ2) is 9.38. The maximum atomic E-state index is 11.6. The number of ether oxygens (including phenoxy) is 1. The van der Waals surface area contributed by atoms with Crippen LogP contribution in [-0.4, -0.2) is 34.4 Å². The second-order valence-electron chi connectivity index (χ2n) is 13.4. The van der Waals surface area contributed by atoms with Crippen LogP contribution in [0.1, 0.15) is 92.4 Å². The number of likely N-dealkylation sites (tertiary alicyclic amines) is 1. The van der Waals surface area contributed by atoms with Crippen molar-refractivity contribution < 1.29 is 9.53 Å². The van der Waals surface area contributed by atoms with Crippen molar-refractivity contribution in [3.05, 3.63) is 11.6 Å². The first-order chi connectivity index (χ1) is 16.6. The van der Waals surface area contributed by atoms with Crippen LogP contribution in [0.15, 0.2) is 11.6 Å². The predicted molar refractivity (Wildman–Crippen MR) is 143 cm³/mol. The number of esters is 1. The Kier molecular flexibility index (Phi) is 6.86. The maximum absolute atomic E-state index is 11.6. The van der Waals surface area contributed by atoms with Gasteiger partial charge in [0.05, 0.1) is 0 Å². The fraction of sp³-hybridized carbons (Fsp3) is 0.867. The summed E-state index contributed by atoms with van der Waals surface area (Å²) < 4.78 is 5.63. The van der Waals surface area contributed by atoms with Gasteiger partial charge in [-0.1, -0.05) is 55.3 Å².